The standard InChI is InChI=1S/C35H46N4O5/c1-25-21-39(26(2)24-40)35(42)31-20-30(37-34(41)29-15-17-36-18-16-29)13-14-32(31)44-27(3)10-8-9-19-43-33(25)23-38(4)22-28-11-6-5-7-12-28/h5-7,11-18,20,25-27,33,40H,8-10,19,21-24H2,1-4H3,(H,37,41)/t25-,26+,27-,33-/m0/s1. The van der Waals surface area contributed by atoms with Gasteiger partial charge in [-0.15, -0.1) is 0 Å². The van der Waals surface area contributed by atoms with Crippen molar-refractivity contribution in [1.82, 2.24) is 14.8 Å². The second-order valence-electron chi connectivity index (χ2n) is 11.9. The Hall–Kier alpha value is -3.79. The molecular weight excluding hydrogens is 556 g/mol. The summed E-state index contributed by atoms with van der Waals surface area (Å²) in [5, 5.41) is 13.1. The lowest BCUT2D eigenvalue weighted by Crippen LogP contribution is -2.47. The van der Waals surface area contributed by atoms with Crippen molar-refractivity contribution in [3.05, 3.63) is 89.7 Å². The molecule has 0 bridgehead atoms. The average molecular weight is 603 g/mol. The van der Waals surface area contributed by atoms with Crippen LogP contribution in [-0.4, -0.2) is 83.3 Å². The van der Waals surface area contributed by atoms with Gasteiger partial charge in [-0.1, -0.05) is 37.3 Å². The van der Waals surface area contributed by atoms with Crippen LogP contribution in [0, 0.1) is 5.92 Å². The van der Waals surface area contributed by atoms with E-state index in [4.69, 9.17) is 9.47 Å². The van der Waals surface area contributed by atoms with Gasteiger partial charge >= 0.3 is 0 Å². The van der Waals surface area contributed by atoms with E-state index in [0.29, 0.717) is 42.3 Å². The van der Waals surface area contributed by atoms with E-state index in [1.807, 2.05) is 32.0 Å². The first-order valence-corrected chi connectivity index (χ1v) is 15.5. The Morgan fingerprint density at radius 1 is 1.11 bits per heavy atom. The summed E-state index contributed by atoms with van der Waals surface area (Å²) in [6.45, 7) is 8.24. The van der Waals surface area contributed by atoms with Gasteiger partial charge in [0.05, 0.1) is 30.4 Å². The van der Waals surface area contributed by atoms with Crippen molar-refractivity contribution >= 4 is 17.5 Å². The van der Waals surface area contributed by atoms with Crippen LogP contribution < -0.4 is 10.1 Å². The van der Waals surface area contributed by atoms with Gasteiger partial charge in [0, 0.05) is 55.8 Å². The summed E-state index contributed by atoms with van der Waals surface area (Å²) in [5.74, 6) is -0.135. The van der Waals surface area contributed by atoms with E-state index >= 15 is 0 Å². The van der Waals surface area contributed by atoms with Crippen LogP contribution in [0.25, 0.3) is 0 Å². The third-order valence-electron chi connectivity index (χ3n) is 8.04. The SMILES string of the molecule is C[C@H](CO)N1C[C@H](C)[C@H](CN(C)Cc2ccccc2)OCCCC[C@H](C)Oc2ccc(NC(=O)c3ccncc3)cc2C1=O. The first-order chi connectivity index (χ1) is 21.2. The van der Waals surface area contributed by atoms with Gasteiger partial charge in [0.25, 0.3) is 11.8 Å². The Morgan fingerprint density at radius 3 is 2.59 bits per heavy atom. The molecule has 9 nitrogen and oxygen atoms in total. The summed E-state index contributed by atoms with van der Waals surface area (Å²) in [4.78, 5) is 35.1. The molecule has 0 fully saturated rings. The number of benzene rings is 2. The highest BCUT2D eigenvalue weighted by Crippen LogP contribution is 2.29. The summed E-state index contributed by atoms with van der Waals surface area (Å²) in [6, 6.07) is 18.3. The molecule has 1 aliphatic rings. The third kappa shape index (κ3) is 9.35. The Balaban J connectivity index is 1.61. The topological polar surface area (TPSA) is 104 Å². The number of amides is 2. The normalized spacial score (nSPS) is 20.7. The maximum Gasteiger partial charge on any atom is 0.258 e. The van der Waals surface area contributed by atoms with Crippen molar-refractivity contribution < 1.29 is 24.2 Å². The number of carbonyl (C=O) groups excluding carboxylic acids is 2. The molecule has 9 heteroatoms. The van der Waals surface area contributed by atoms with Gasteiger partial charge in [0.15, 0.2) is 0 Å². The summed E-state index contributed by atoms with van der Waals surface area (Å²) in [6.07, 6.45) is 5.51. The Bertz CT molecular complexity index is 1340. The van der Waals surface area contributed by atoms with Gasteiger partial charge in [-0.2, -0.15) is 0 Å². The minimum absolute atomic E-state index is 0.0213. The van der Waals surface area contributed by atoms with Crippen molar-refractivity contribution in [1.29, 1.82) is 0 Å². The van der Waals surface area contributed by atoms with Gasteiger partial charge in [-0.25, -0.2) is 0 Å². The number of carbonyl (C=O) groups is 2. The zero-order chi connectivity index (χ0) is 31.5. The summed E-state index contributed by atoms with van der Waals surface area (Å²) < 4.78 is 12.8. The van der Waals surface area contributed by atoms with E-state index in [9.17, 15) is 14.7 Å². The largest absolute Gasteiger partial charge is 0.490 e. The summed E-state index contributed by atoms with van der Waals surface area (Å²) >= 11 is 0. The molecule has 0 aliphatic carbocycles. The lowest BCUT2D eigenvalue weighted by atomic mass is 10.0. The number of aromatic nitrogens is 1. The number of ether oxygens (including phenoxy) is 2. The molecule has 44 heavy (non-hydrogen) atoms. The van der Waals surface area contributed by atoms with Crippen molar-refractivity contribution in [2.45, 2.75) is 64.8 Å². The number of nitrogens with one attached hydrogen (secondary N) is 1. The van der Waals surface area contributed by atoms with E-state index < -0.39 is 6.04 Å². The first-order valence-electron chi connectivity index (χ1n) is 15.5. The highest BCUT2D eigenvalue weighted by molar-refractivity contribution is 6.05. The van der Waals surface area contributed by atoms with E-state index in [-0.39, 0.29) is 36.5 Å². The molecule has 1 aromatic heterocycles. The number of nitrogens with zero attached hydrogens (tertiary/aromatic N) is 3. The minimum atomic E-state index is -0.444. The number of hydrogen-bond donors (Lipinski definition) is 2. The average Bonchev–Trinajstić information content (AvgIpc) is 3.03. The number of hydrogen-bond acceptors (Lipinski definition) is 7. The van der Waals surface area contributed by atoms with Crippen LogP contribution in [0.3, 0.4) is 0 Å². The summed E-state index contributed by atoms with van der Waals surface area (Å²) in [5.41, 5.74) is 2.51. The second kappa shape index (κ2) is 16.3. The molecule has 0 unspecified atom stereocenters. The number of rotatable bonds is 8. The fourth-order valence-electron chi connectivity index (χ4n) is 5.44. The maximum absolute atomic E-state index is 14.3. The van der Waals surface area contributed by atoms with Gasteiger partial charge in [0.1, 0.15) is 5.75 Å². The molecule has 0 spiro atoms. The van der Waals surface area contributed by atoms with Crippen molar-refractivity contribution in [2.24, 2.45) is 5.92 Å². The number of pyridine rings is 1. The molecule has 2 aromatic carbocycles. The zero-order valence-corrected chi connectivity index (χ0v) is 26.3. The molecule has 236 valence electrons. The molecule has 2 amide bonds. The fourth-order valence-corrected chi connectivity index (χ4v) is 5.44. The number of aliphatic hydroxyl groups excluding tert-OH is 1. The van der Waals surface area contributed by atoms with Crippen molar-refractivity contribution in [3.8, 4) is 5.75 Å². The Morgan fingerprint density at radius 2 is 1.86 bits per heavy atom. The van der Waals surface area contributed by atoms with E-state index in [1.54, 1.807) is 47.6 Å². The van der Waals surface area contributed by atoms with E-state index in [2.05, 4.69) is 41.3 Å². The lowest BCUT2D eigenvalue weighted by molar-refractivity contribution is -0.0177. The van der Waals surface area contributed by atoms with Crippen LogP contribution in [0.15, 0.2) is 73.1 Å². The number of aliphatic hydroxyl groups is 1. The zero-order valence-electron chi connectivity index (χ0n) is 26.3. The van der Waals surface area contributed by atoms with Crippen LogP contribution in [0.4, 0.5) is 5.69 Å². The molecule has 2 heterocycles. The number of likely N-dealkylation sites (N-methyl/N-ethyl adjacent to an activating group) is 1. The van der Waals surface area contributed by atoms with Crippen molar-refractivity contribution in [3.63, 3.8) is 0 Å². The molecule has 1 aliphatic heterocycles. The molecule has 0 saturated carbocycles. The molecule has 4 rings (SSSR count). The predicted molar refractivity (Wildman–Crippen MR) is 172 cm³/mol. The van der Waals surface area contributed by atoms with Gasteiger partial charge in [-0.05, 0) is 76.1 Å². The van der Waals surface area contributed by atoms with Gasteiger partial charge < -0.3 is 24.8 Å². The van der Waals surface area contributed by atoms with E-state index in [1.165, 1.54) is 5.56 Å². The molecular formula is C35H46N4O5. The third-order valence-corrected chi connectivity index (χ3v) is 8.04. The van der Waals surface area contributed by atoms with Crippen LogP contribution in [-0.2, 0) is 11.3 Å². The van der Waals surface area contributed by atoms with Gasteiger partial charge in [0.2, 0.25) is 0 Å². The first kappa shape index (κ1) is 33.1. The highest BCUT2D eigenvalue weighted by atomic mass is 16.5. The lowest BCUT2D eigenvalue weighted by Gasteiger charge is -2.36. The van der Waals surface area contributed by atoms with Crippen LogP contribution in [0.2, 0.25) is 0 Å². The number of anilines is 1. The Labute approximate surface area is 261 Å². The smallest absolute Gasteiger partial charge is 0.258 e. The van der Waals surface area contributed by atoms with Crippen molar-refractivity contribution in [2.75, 3.05) is 38.7 Å². The molecule has 0 radical (unpaired) electrons. The quantitative estimate of drug-likeness (QED) is 0.363. The Kier molecular flexibility index (Phi) is 12.3. The summed E-state index contributed by atoms with van der Waals surface area (Å²) in [7, 11) is 2.09. The van der Waals surface area contributed by atoms with Crippen LogP contribution in [0.5, 0.6) is 5.75 Å². The van der Waals surface area contributed by atoms with Crippen LogP contribution >= 0.6 is 0 Å². The number of fused-ring (bicyclic) bond motifs is 1. The maximum atomic E-state index is 14.3. The molecule has 2 N–H and O–H groups in total. The fraction of sp³-hybridized carbons (Fsp3) is 0.457. The van der Waals surface area contributed by atoms with Gasteiger partial charge in [-0.3, -0.25) is 19.5 Å². The molecule has 0 saturated heterocycles. The van der Waals surface area contributed by atoms with Crippen LogP contribution in [0.1, 0.15) is 66.3 Å². The monoisotopic (exact) mass is 602 g/mol. The molecule has 4 atom stereocenters. The second-order valence-corrected chi connectivity index (χ2v) is 11.9. The predicted octanol–water partition coefficient (Wildman–Crippen LogP) is 5.26. The minimum Gasteiger partial charge on any atom is -0.490 e. The molecule has 3 aromatic rings. The van der Waals surface area contributed by atoms with E-state index in [0.717, 1.165) is 25.8 Å². The highest BCUT2D eigenvalue weighted by Gasteiger charge is 2.30.